The van der Waals surface area contributed by atoms with E-state index in [1.54, 1.807) is 13.8 Å². The van der Waals surface area contributed by atoms with E-state index < -0.39 is 79.4 Å². The third-order valence-electron chi connectivity index (χ3n) is 4.34. The zero-order chi connectivity index (χ0) is 26.2. The molecule has 0 radical (unpaired) electrons. The lowest BCUT2D eigenvalue weighted by atomic mass is 9.98. The molecular formula is C22H32O12. The van der Waals surface area contributed by atoms with E-state index in [2.05, 4.69) is 6.58 Å². The molecule has 1 fully saturated rings. The Morgan fingerprint density at radius 3 is 1.74 bits per heavy atom. The lowest BCUT2D eigenvalue weighted by molar-refractivity contribution is -0.336. The number of esters is 4. The van der Waals surface area contributed by atoms with Crippen molar-refractivity contribution in [3.8, 4) is 0 Å². The maximum atomic E-state index is 11.9. The maximum Gasteiger partial charge on any atom is 0.303 e. The van der Waals surface area contributed by atoms with Crippen molar-refractivity contribution in [2.75, 3.05) is 6.61 Å². The van der Waals surface area contributed by atoms with Gasteiger partial charge in [-0.2, -0.15) is 0 Å². The van der Waals surface area contributed by atoms with Crippen LogP contribution in [0.4, 0.5) is 0 Å². The van der Waals surface area contributed by atoms with Gasteiger partial charge in [0.05, 0.1) is 6.10 Å². The van der Waals surface area contributed by atoms with Crippen molar-refractivity contribution in [1.82, 2.24) is 0 Å². The van der Waals surface area contributed by atoms with Gasteiger partial charge in [0.15, 0.2) is 30.4 Å². The molecule has 0 unspecified atom stereocenters. The summed E-state index contributed by atoms with van der Waals surface area (Å²) in [5, 5.41) is 0. The number of hydrogen-bond acceptors (Lipinski definition) is 12. The first-order valence-corrected chi connectivity index (χ1v) is 10.5. The van der Waals surface area contributed by atoms with Crippen molar-refractivity contribution in [3.05, 3.63) is 12.2 Å². The van der Waals surface area contributed by atoms with Crippen molar-refractivity contribution in [2.24, 2.45) is 0 Å². The Morgan fingerprint density at radius 2 is 1.29 bits per heavy atom. The molecule has 0 bridgehead atoms. The minimum atomic E-state index is -1.50. The minimum absolute atomic E-state index is 0.0541. The number of ketones is 1. The monoisotopic (exact) mass is 488 g/mol. The Bertz CT molecular complexity index is 789. The van der Waals surface area contributed by atoms with Crippen molar-refractivity contribution < 1.29 is 57.1 Å². The first-order valence-electron chi connectivity index (χ1n) is 10.5. The average Bonchev–Trinajstić information content (AvgIpc) is 2.68. The molecule has 0 aromatic carbocycles. The molecule has 1 saturated heterocycles. The van der Waals surface area contributed by atoms with Gasteiger partial charge in [0.2, 0.25) is 6.29 Å². The van der Waals surface area contributed by atoms with Crippen molar-refractivity contribution >= 4 is 29.7 Å². The van der Waals surface area contributed by atoms with Crippen LogP contribution in [0, 0.1) is 0 Å². The van der Waals surface area contributed by atoms with Gasteiger partial charge in [0.25, 0.3) is 0 Å². The van der Waals surface area contributed by atoms with E-state index in [4.69, 9.17) is 33.2 Å². The fourth-order valence-electron chi connectivity index (χ4n) is 3.03. The highest BCUT2D eigenvalue weighted by Gasteiger charge is 2.53. The molecule has 0 spiro atoms. The van der Waals surface area contributed by atoms with E-state index in [-0.39, 0.29) is 5.57 Å². The molecule has 1 heterocycles. The second-order valence-corrected chi connectivity index (χ2v) is 7.80. The molecule has 1 aliphatic heterocycles. The van der Waals surface area contributed by atoms with Gasteiger partial charge in [0.1, 0.15) is 12.7 Å². The van der Waals surface area contributed by atoms with Gasteiger partial charge in [-0.05, 0) is 20.8 Å². The Hall–Kier alpha value is -2.83. The van der Waals surface area contributed by atoms with Gasteiger partial charge < -0.3 is 33.2 Å². The molecule has 12 heteroatoms. The normalized spacial score (nSPS) is 25.1. The highest BCUT2D eigenvalue weighted by molar-refractivity contribution is 5.93. The second kappa shape index (κ2) is 13.2. The molecule has 12 nitrogen and oxygen atoms in total. The Balaban J connectivity index is 3.48. The SMILES string of the molecule is C=C(C(C)=O)[C@H](OC(C)C)O[C@@H]1O[C@H](COC(C)=O)[C@@H](OC(C)=O)[C@H](OC(C)=O)[C@H]1OC(C)=O. The van der Waals surface area contributed by atoms with E-state index in [1.165, 1.54) is 6.92 Å². The minimum Gasteiger partial charge on any atom is -0.463 e. The fourth-order valence-corrected chi connectivity index (χ4v) is 3.03. The molecule has 0 aliphatic carbocycles. The summed E-state index contributed by atoms with van der Waals surface area (Å²) >= 11 is 0. The molecule has 6 atom stereocenters. The Kier molecular flexibility index (Phi) is 11.3. The van der Waals surface area contributed by atoms with Crippen LogP contribution in [-0.4, -0.2) is 79.4 Å². The van der Waals surface area contributed by atoms with E-state index in [9.17, 15) is 24.0 Å². The topological polar surface area (TPSA) is 150 Å². The highest BCUT2D eigenvalue weighted by atomic mass is 16.8. The van der Waals surface area contributed by atoms with Crippen LogP contribution in [0.25, 0.3) is 0 Å². The number of hydrogen-bond donors (Lipinski definition) is 0. The van der Waals surface area contributed by atoms with Crippen molar-refractivity contribution in [2.45, 2.75) is 91.6 Å². The number of carbonyl (C=O) groups excluding carboxylic acids is 5. The number of Topliss-reactive ketones (excluding diaryl/α,β-unsaturated/α-hetero) is 1. The van der Waals surface area contributed by atoms with Crippen LogP contribution in [0.1, 0.15) is 48.5 Å². The van der Waals surface area contributed by atoms with E-state index in [0.29, 0.717) is 0 Å². The first kappa shape index (κ1) is 29.2. The lowest BCUT2D eigenvalue weighted by Crippen LogP contribution is -2.63. The molecule has 0 amide bonds. The molecule has 1 rings (SSSR count). The second-order valence-electron chi connectivity index (χ2n) is 7.80. The molecule has 1 aliphatic rings. The number of rotatable bonds is 11. The highest BCUT2D eigenvalue weighted by Crippen LogP contribution is 2.31. The standard InChI is InChI=1S/C22H32O12/c1-10(2)29-21(11(3)12(4)23)34-22-20(32-16(8)27)19(31-15(7)26)18(30-14(6)25)17(33-22)9-28-13(5)24/h10,17-22H,3,9H2,1-2,4-8H3/t17-,18-,19+,20-,21-,22+/m1/s1. The zero-order valence-electron chi connectivity index (χ0n) is 20.4. The summed E-state index contributed by atoms with van der Waals surface area (Å²) in [6.07, 6.45) is -8.61. The molecule has 192 valence electrons. The smallest absolute Gasteiger partial charge is 0.303 e. The summed E-state index contributed by atoms with van der Waals surface area (Å²) in [6, 6.07) is 0. The van der Waals surface area contributed by atoms with Crippen LogP contribution in [-0.2, 0) is 57.1 Å². The van der Waals surface area contributed by atoms with Crippen molar-refractivity contribution in [3.63, 3.8) is 0 Å². The summed E-state index contributed by atoms with van der Waals surface area (Å²) in [4.78, 5) is 58.8. The number of carbonyl (C=O) groups is 5. The van der Waals surface area contributed by atoms with Crippen LogP contribution in [0.15, 0.2) is 12.2 Å². The molecule has 0 N–H and O–H groups in total. The molecule has 34 heavy (non-hydrogen) atoms. The lowest BCUT2D eigenvalue weighted by Gasteiger charge is -2.44. The van der Waals surface area contributed by atoms with Gasteiger partial charge in [-0.25, -0.2) is 0 Å². The molecular weight excluding hydrogens is 456 g/mol. The summed E-state index contributed by atoms with van der Waals surface area (Å²) < 4.78 is 38.2. The average molecular weight is 488 g/mol. The van der Waals surface area contributed by atoms with E-state index in [0.717, 1.165) is 27.7 Å². The van der Waals surface area contributed by atoms with Crippen molar-refractivity contribution in [1.29, 1.82) is 0 Å². The first-order chi connectivity index (χ1) is 15.7. The largest absolute Gasteiger partial charge is 0.463 e. The maximum absolute atomic E-state index is 11.9. The van der Waals surface area contributed by atoms with Gasteiger partial charge >= 0.3 is 23.9 Å². The fraction of sp³-hybridized carbons (Fsp3) is 0.682. The predicted octanol–water partition coefficient (Wildman–Crippen LogP) is 0.982. The van der Waals surface area contributed by atoms with Crippen LogP contribution < -0.4 is 0 Å². The van der Waals surface area contributed by atoms with Crippen LogP contribution in [0.2, 0.25) is 0 Å². The Morgan fingerprint density at radius 1 is 0.794 bits per heavy atom. The van der Waals surface area contributed by atoms with Gasteiger partial charge in [-0.15, -0.1) is 0 Å². The summed E-state index contributed by atoms with van der Waals surface area (Å²) in [6.45, 7) is 12.4. The predicted molar refractivity (Wildman–Crippen MR) is 113 cm³/mol. The summed E-state index contributed by atoms with van der Waals surface area (Å²) in [5.74, 6) is -3.41. The van der Waals surface area contributed by atoms with E-state index in [1.807, 2.05) is 0 Å². The van der Waals surface area contributed by atoms with Gasteiger partial charge in [-0.1, -0.05) is 6.58 Å². The summed E-state index contributed by atoms with van der Waals surface area (Å²) in [7, 11) is 0. The quantitative estimate of drug-likeness (QED) is 0.176. The van der Waals surface area contributed by atoms with Gasteiger partial charge in [0, 0.05) is 33.3 Å². The number of ether oxygens (including phenoxy) is 7. The zero-order valence-corrected chi connectivity index (χ0v) is 20.4. The molecule has 0 aromatic heterocycles. The third-order valence-corrected chi connectivity index (χ3v) is 4.34. The molecule has 0 aromatic rings. The van der Waals surface area contributed by atoms with Crippen LogP contribution in [0.5, 0.6) is 0 Å². The van der Waals surface area contributed by atoms with Crippen LogP contribution in [0.3, 0.4) is 0 Å². The summed E-state index contributed by atoms with van der Waals surface area (Å²) in [5.41, 5.74) is -0.0541. The molecule has 0 saturated carbocycles. The van der Waals surface area contributed by atoms with Crippen LogP contribution >= 0.6 is 0 Å². The third kappa shape index (κ3) is 9.20. The van der Waals surface area contributed by atoms with E-state index >= 15 is 0 Å². The Labute approximate surface area is 197 Å². The van der Waals surface area contributed by atoms with Gasteiger partial charge in [-0.3, -0.25) is 24.0 Å².